The highest BCUT2D eigenvalue weighted by molar-refractivity contribution is 4.78. The smallest absolute Gasteiger partial charge is 0.0900 e. The van der Waals surface area contributed by atoms with Crippen LogP contribution in [-0.4, -0.2) is 48.0 Å². The summed E-state index contributed by atoms with van der Waals surface area (Å²) in [5.74, 6) is 0.828. The SMILES string of the molecule is CC1CCCC(N(C)CC(O)COC(C)(C)C)C1. The normalized spacial score (nSPS) is 27.5. The fourth-order valence-corrected chi connectivity index (χ4v) is 2.68. The minimum atomic E-state index is -0.383. The highest BCUT2D eigenvalue weighted by atomic mass is 16.5. The molecule has 0 saturated heterocycles. The minimum absolute atomic E-state index is 0.168. The molecular weight excluding hydrogens is 226 g/mol. The molecule has 0 amide bonds. The van der Waals surface area contributed by atoms with Crippen LogP contribution in [0.5, 0.6) is 0 Å². The molecule has 3 nitrogen and oxygen atoms in total. The first-order chi connectivity index (χ1) is 8.28. The number of hydrogen-bond donors (Lipinski definition) is 1. The topological polar surface area (TPSA) is 32.7 Å². The van der Waals surface area contributed by atoms with Gasteiger partial charge < -0.3 is 14.7 Å². The second kappa shape index (κ2) is 6.88. The fraction of sp³-hybridized carbons (Fsp3) is 1.00. The summed E-state index contributed by atoms with van der Waals surface area (Å²) in [5, 5.41) is 10.0. The van der Waals surface area contributed by atoms with Crippen LogP contribution in [0.15, 0.2) is 0 Å². The molecule has 0 aliphatic heterocycles. The number of nitrogens with zero attached hydrogens (tertiary/aromatic N) is 1. The molecule has 0 radical (unpaired) electrons. The van der Waals surface area contributed by atoms with Crippen molar-refractivity contribution in [1.82, 2.24) is 4.90 Å². The lowest BCUT2D eigenvalue weighted by molar-refractivity contribution is -0.0582. The van der Waals surface area contributed by atoms with Gasteiger partial charge in [-0.25, -0.2) is 0 Å². The number of rotatable bonds is 5. The zero-order valence-electron chi connectivity index (χ0n) is 12.8. The van der Waals surface area contributed by atoms with E-state index in [2.05, 4.69) is 18.9 Å². The summed E-state index contributed by atoms with van der Waals surface area (Å²) in [6.07, 6.45) is 4.84. The molecule has 1 rings (SSSR count). The van der Waals surface area contributed by atoms with E-state index >= 15 is 0 Å². The Morgan fingerprint density at radius 3 is 2.56 bits per heavy atom. The van der Waals surface area contributed by atoms with E-state index in [0.717, 1.165) is 5.92 Å². The molecule has 1 saturated carbocycles. The Morgan fingerprint density at radius 2 is 2.00 bits per heavy atom. The summed E-state index contributed by atoms with van der Waals surface area (Å²) in [4.78, 5) is 2.31. The van der Waals surface area contributed by atoms with Gasteiger partial charge in [-0.3, -0.25) is 0 Å². The van der Waals surface area contributed by atoms with Crippen LogP contribution in [0.3, 0.4) is 0 Å². The molecule has 0 spiro atoms. The molecule has 3 heteroatoms. The largest absolute Gasteiger partial charge is 0.389 e. The Labute approximate surface area is 113 Å². The van der Waals surface area contributed by atoms with Crippen LogP contribution in [-0.2, 0) is 4.74 Å². The molecular formula is C15H31NO2. The van der Waals surface area contributed by atoms with E-state index in [0.29, 0.717) is 19.2 Å². The standard InChI is InChI=1S/C15H31NO2/c1-12-7-6-8-13(9-12)16(5)10-14(17)11-18-15(2,3)4/h12-14,17H,6-11H2,1-5H3. The molecule has 3 atom stereocenters. The summed E-state index contributed by atoms with van der Waals surface area (Å²) < 4.78 is 5.62. The Kier molecular flexibility index (Phi) is 6.09. The van der Waals surface area contributed by atoms with Crippen molar-refractivity contribution in [3.05, 3.63) is 0 Å². The maximum absolute atomic E-state index is 10.0. The average Bonchev–Trinajstić information content (AvgIpc) is 2.25. The van der Waals surface area contributed by atoms with Gasteiger partial charge in [-0.2, -0.15) is 0 Å². The minimum Gasteiger partial charge on any atom is -0.389 e. The molecule has 1 N–H and O–H groups in total. The first-order valence-electron chi connectivity index (χ1n) is 7.30. The van der Waals surface area contributed by atoms with Gasteiger partial charge in [0.25, 0.3) is 0 Å². The third-order valence-electron chi connectivity index (χ3n) is 3.74. The van der Waals surface area contributed by atoms with Gasteiger partial charge >= 0.3 is 0 Å². The van der Waals surface area contributed by atoms with Crippen molar-refractivity contribution < 1.29 is 9.84 Å². The van der Waals surface area contributed by atoms with Crippen molar-refractivity contribution >= 4 is 0 Å². The van der Waals surface area contributed by atoms with Crippen LogP contribution in [0.25, 0.3) is 0 Å². The third kappa shape index (κ3) is 6.17. The lowest BCUT2D eigenvalue weighted by Crippen LogP contribution is -2.42. The predicted molar refractivity (Wildman–Crippen MR) is 75.8 cm³/mol. The molecule has 0 aromatic carbocycles. The summed E-state index contributed by atoms with van der Waals surface area (Å²) in [7, 11) is 2.13. The molecule has 3 unspecified atom stereocenters. The highest BCUT2D eigenvalue weighted by Crippen LogP contribution is 2.26. The molecule has 1 aliphatic rings. The van der Waals surface area contributed by atoms with E-state index < -0.39 is 0 Å². The van der Waals surface area contributed by atoms with Crippen LogP contribution in [0.4, 0.5) is 0 Å². The van der Waals surface area contributed by atoms with Gasteiger partial charge in [-0.05, 0) is 46.6 Å². The van der Waals surface area contributed by atoms with Gasteiger partial charge in [0.05, 0.1) is 18.3 Å². The van der Waals surface area contributed by atoms with Crippen molar-refractivity contribution in [3.8, 4) is 0 Å². The number of aliphatic hydroxyl groups excluding tert-OH is 1. The summed E-state index contributed by atoms with van der Waals surface area (Å²) >= 11 is 0. The zero-order valence-corrected chi connectivity index (χ0v) is 12.8. The molecule has 108 valence electrons. The molecule has 18 heavy (non-hydrogen) atoms. The molecule has 0 aromatic rings. The van der Waals surface area contributed by atoms with Crippen LogP contribution in [0.1, 0.15) is 53.4 Å². The maximum atomic E-state index is 10.0. The van der Waals surface area contributed by atoms with Gasteiger partial charge in [0.1, 0.15) is 0 Å². The van der Waals surface area contributed by atoms with Crippen LogP contribution >= 0.6 is 0 Å². The van der Waals surface area contributed by atoms with Crippen LogP contribution in [0.2, 0.25) is 0 Å². The number of ether oxygens (including phenoxy) is 1. The molecule has 0 aromatic heterocycles. The molecule has 0 bridgehead atoms. The monoisotopic (exact) mass is 257 g/mol. The lowest BCUT2D eigenvalue weighted by Gasteiger charge is -2.35. The zero-order chi connectivity index (χ0) is 13.8. The van der Waals surface area contributed by atoms with Gasteiger partial charge in [-0.15, -0.1) is 0 Å². The fourth-order valence-electron chi connectivity index (χ4n) is 2.68. The predicted octanol–water partition coefficient (Wildman–Crippen LogP) is 2.67. The summed E-state index contributed by atoms with van der Waals surface area (Å²) in [6, 6.07) is 0.637. The Balaban J connectivity index is 2.28. The van der Waals surface area contributed by atoms with E-state index in [9.17, 15) is 5.11 Å². The number of aliphatic hydroxyl groups is 1. The van der Waals surface area contributed by atoms with Crippen LogP contribution in [0, 0.1) is 5.92 Å². The van der Waals surface area contributed by atoms with Gasteiger partial charge in [0, 0.05) is 12.6 Å². The third-order valence-corrected chi connectivity index (χ3v) is 3.74. The maximum Gasteiger partial charge on any atom is 0.0900 e. The van der Waals surface area contributed by atoms with Gasteiger partial charge in [-0.1, -0.05) is 19.8 Å². The number of hydrogen-bond acceptors (Lipinski definition) is 3. The van der Waals surface area contributed by atoms with Gasteiger partial charge in [0.15, 0.2) is 0 Å². The average molecular weight is 257 g/mol. The Hall–Kier alpha value is -0.120. The Morgan fingerprint density at radius 1 is 1.33 bits per heavy atom. The van der Waals surface area contributed by atoms with Crippen molar-refractivity contribution in [1.29, 1.82) is 0 Å². The van der Waals surface area contributed by atoms with Crippen LogP contribution < -0.4 is 0 Å². The molecule has 1 fully saturated rings. The van der Waals surface area contributed by atoms with E-state index in [1.807, 2.05) is 20.8 Å². The summed E-state index contributed by atoms with van der Waals surface area (Å²) in [6.45, 7) is 9.54. The van der Waals surface area contributed by atoms with Crippen molar-refractivity contribution in [2.24, 2.45) is 5.92 Å². The van der Waals surface area contributed by atoms with E-state index in [1.54, 1.807) is 0 Å². The Bertz CT molecular complexity index is 237. The first-order valence-corrected chi connectivity index (χ1v) is 7.30. The lowest BCUT2D eigenvalue weighted by atomic mass is 9.86. The van der Waals surface area contributed by atoms with E-state index in [-0.39, 0.29) is 11.7 Å². The summed E-state index contributed by atoms with van der Waals surface area (Å²) in [5.41, 5.74) is -0.168. The van der Waals surface area contributed by atoms with E-state index in [1.165, 1.54) is 25.7 Å². The second-order valence-corrected chi connectivity index (χ2v) is 6.94. The second-order valence-electron chi connectivity index (χ2n) is 6.94. The van der Waals surface area contributed by atoms with Crippen molar-refractivity contribution in [3.63, 3.8) is 0 Å². The van der Waals surface area contributed by atoms with Crippen molar-refractivity contribution in [2.45, 2.75) is 71.1 Å². The quantitative estimate of drug-likeness (QED) is 0.822. The molecule has 0 heterocycles. The van der Waals surface area contributed by atoms with Crippen molar-refractivity contribution in [2.75, 3.05) is 20.2 Å². The first kappa shape index (κ1) is 15.9. The van der Waals surface area contributed by atoms with Gasteiger partial charge in [0.2, 0.25) is 0 Å². The molecule has 1 aliphatic carbocycles. The number of likely N-dealkylation sites (N-methyl/N-ethyl adjacent to an activating group) is 1. The van der Waals surface area contributed by atoms with E-state index in [4.69, 9.17) is 4.74 Å². The highest BCUT2D eigenvalue weighted by Gasteiger charge is 2.24.